The number of nitrogen functional groups attached to an aromatic ring is 1. The molecule has 7 nitrogen and oxygen atoms in total. The second kappa shape index (κ2) is 5.09. The Balaban J connectivity index is 1.99. The Morgan fingerprint density at radius 3 is 2.95 bits per heavy atom. The van der Waals surface area contributed by atoms with Gasteiger partial charge in [-0.2, -0.15) is 0 Å². The number of nitrogens with two attached hydrogens (primary N) is 1. The van der Waals surface area contributed by atoms with E-state index in [-0.39, 0.29) is 12.1 Å². The average Bonchev–Trinajstić information content (AvgIpc) is 3.06. The number of aromatic nitrogens is 4. The van der Waals surface area contributed by atoms with Gasteiger partial charge >= 0.3 is 0 Å². The number of benzene rings is 1. The van der Waals surface area contributed by atoms with E-state index in [1.165, 1.54) is 0 Å². The predicted molar refractivity (Wildman–Crippen MR) is 73.3 cm³/mol. The molecule has 1 aliphatic rings. The number of nitrogens with zero attached hydrogens (tertiary/aromatic N) is 4. The van der Waals surface area contributed by atoms with Gasteiger partial charge in [0.2, 0.25) is 0 Å². The molecule has 20 heavy (non-hydrogen) atoms. The Labute approximate surface area is 116 Å². The maximum atomic E-state index is 5.94. The van der Waals surface area contributed by atoms with Gasteiger partial charge in [0, 0.05) is 12.2 Å². The fraction of sp³-hybridized carbons (Fsp3) is 0.462. The van der Waals surface area contributed by atoms with Gasteiger partial charge in [-0.15, -0.1) is 5.10 Å². The van der Waals surface area contributed by atoms with Crippen molar-refractivity contribution in [1.82, 2.24) is 20.2 Å². The maximum absolute atomic E-state index is 5.94. The molecule has 1 aromatic carbocycles. The lowest BCUT2D eigenvalue weighted by molar-refractivity contribution is 0.105. The van der Waals surface area contributed by atoms with E-state index in [1.54, 1.807) is 7.11 Å². The van der Waals surface area contributed by atoms with Gasteiger partial charge in [-0.05, 0) is 42.0 Å². The molecule has 0 saturated carbocycles. The van der Waals surface area contributed by atoms with Crippen molar-refractivity contribution < 1.29 is 9.47 Å². The zero-order chi connectivity index (χ0) is 14.1. The van der Waals surface area contributed by atoms with Gasteiger partial charge in [-0.25, -0.2) is 4.68 Å². The van der Waals surface area contributed by atoms with Crippen LogP contribution >= 0.6 is 0 Å². The molecule has 0 bridgehead atoms. The number of hydrogen-bond donors (Lipinski definition) is 1. The van der Waals surface area contributed by atoms with E-state index < -0.39 is 0 Å². The standard InChI is InChI=1S/C13H17N5O2/c1-8-11(5-6-20-8)18-13(15-16-17-18)9-3-4-12(19-2)10(14)7-9/h3-4,7-8,11H,5-6,14H2,1-2H3. The van der Waals surface area contributed by atoms with Crippen LogP contribution in [0.2, 0.25) is 0 Å². The van der Waals surface area contributed by atoms with Crippen molar-refractivity contribution in [3.8, 4) is 17.1 Å². The molecule has 0 aliphatic carbocycles. The van der Waals surface area contributed by atoms with Crippen LogP contribution in [-0.2, 0) is 4.74 Å². The van der Waals surface area contributed by atoms with Crippen LogP contribution in [0.25, 0.3) is 11.4 Å². The lowest BCUT2D eigenvalue weighted by Crippen LogP contribution is -2.19. The number of ether oxygens (including phenoxy) is 2. The number of methoxy groups -OCH3 is 1. The third-order valence-corrected chi connectivity index (χ3v) is 3.63. The molecule has 0 radical (unpaired) electrons. The van der Waals surface area contributed by atoms with E-state index in [9.17, 15) is 0 Å². The van der Waals surface area contributed by atoms with Crippen molar-refractivity contribution >= 4 is 5.69 Å². The van der Waals surface area contributed by atoms with Crippen molar-refractivity contribution in [3.05, 3.63) is 18.2 Å². The van der Waals surface area contributed by atoms with Crippen molar-refractivity contribution in [2.24, 2.45) is 0 Å². The molecular weight excluding hydrogens is 258 g/mol. The molecule has 2 unspecified atom stereocenters. The fourth-order valence-corrected chi connectivity index (χ4v) is 2.52. The average molecular weight is 275 g/mol. The quantitative estimate of drug-likeness (QED) is 0.849. The van der Waals surface area contributed by atoms with Gasteiger partial charge in [0.25, 0.3) is 0 Å². The van der Waals surface area contributed by atoms with E-state index in [0.717, 1.165) is 18.6 Å². The van der Waals surface area contributed by atoms with Gasteiger partial charge in [0.15, 0.2) is 5.82 Å². The van der Waals surface area contributed by atoms with Crippen LogP contribution in [0.1, 0.15) is 19.4 Å². The molecule has 2 N–H and O–H groups in total. The summed E-state index contributed by atoms with van der Waals surface area (Å²) in [5.74, 6) is 1.34. The summed E-state index contributed by atoms with van der Waals surface area (Å²) < 4.78 is 12.6. The Hall–Kier alpha value is -2.15. The summed E-state index contributed by atoms with van der Waals surface area (Å²) >= 11 is 0. The number of anilines is 1. The monoisotopic (exact) mass is 275 g/mol. The van der Waals surface area contributed by atoms with Gasteiger partial charge in [-0.1, -0.05) is 0 Å². The predicted octanol–water partition coefficient (Wildman–Crippen LogP) is 1.28. The minimum Gasteiger partial charge on any atom is -0.495 e. The van der Waals surface area contributed by atoms with Crippen LogP contribution in [0.4, 0.5) is 5.69 Å². The second-order valence-corrected chi connectivity index (χ2v) is 4.84. The van der Waals surface area contributed by atoms with Crippen LogP contribution < -0.4 is 10.5 Å². The first-order chi connectivity index (χ1) is 9.70. The molecule has 2 atom stereocenters. The summed E-state index contributed by atoms with van der Waals surface area (Å²) in [5, 5.41) is 12.0. The van der Waals surface area contributed by atoms with E-state index in [4.69, 9.17) is 15.2 Å². The summed E-state index contributed by atoms with van der Waals surface area (Å²) in [5.41, 5.74) is 7.37. The maximum Gasteiger partial charge on any atom is 0.182 e. The van der Waals surface area contributed by atoms with Crippen molar-refractivity contribution in [2.45, 2.75) is 25.5 Å². The molecule has 0 amide bonds. The molecular formula is C13H17N5O2. The minimum absolute atomic E-state index is 0.104. The van der Waals surface area contributed by atoms with Crippen molar-refractivity contribution in [2.75, 3.05) is 19.5 Å². The van der Waals surface area contributed by atoms with Crippen LogP contribution in [0.5, 0.6) is 5.75 Å². The summed E-state index contributed by atoms with van der Waals surface area (Å²) in [6, 6.07) is 5.70. The number of tetrazole rings is 1. The Bertz CT molecular complexity index is 613. The third kappa shape index (κ3) is 2.09. The van der Waals surface area contributed by atoms with Crippen LogP contribution in [-0.4, -0.2) is 40.0 Å². The highest BCUT2D eigenvalue weighted by atomic mass is 16.5. The Morgan fingerprint density at radius 1 is 1.45 bits per heavy atom. The van der Waals surface area contributed by atoms with E-state index in [2.05, 4.69) is 15.5 Å². The highest BCUT2D eigenvalue weighted by Crippen LogP contribution is 2.31. The first-order valence-electron chi connectivity index (χ1n) is 6.54. The largest absolute Gasteiger partial charge is 0.495 e. The molecule has 1 aliphatic heterocycles. The molecule has 1 saturated heterocycles. The third-order valence-electron chi connectivity index (χ3n) is 3.63. The van der Waals surface area contributed by atoms with Gasteiger partial charge in [0.1, 0.15) is 5.75 Å². The smallest absolute Gasteiger partial charge is 0.182 e. The SMILES string of the molecule is COc1ccc(-c2nnnn2C2CCOC2C)cc1N. The summed E-state index contributed by atoms with van der Waals surface area (Å²) in [6.07, 6.45) is 1.01. The molecule has 2 aromatic rings. The Morgan fingerprint density at radius 2 is 2.30 bits per heavy atom. The molecule has 7 heteroatoms. The van der Waals surface area contributed by atoms with E-state index in [0.29, 0.717) is 17.3 Å². The van der Waals surface area contributed by atoms with Crippen molar-refractivity contribution in [3.63, 3.8) is 0 Å². The number of rotatable bonds is 3. The topological polar surface area (TPSA) is 88.1 Å². The molecule has 0 spiro atoms. The summed E-state index contributed by atoms with van der Waals surface area (Å²) in [6.45, 7) is 2.77. The van der Waals surface area contributed by atoms with Crippen LogP contribution in [0.15, 0.2) is 18.2 Å². The summed E-state index contributed by atoms with van der Waals surface area (Å²) in [7, 11) is 1.59. The van der Waals surface area contributed by atoms with E-state index >= 15 is 0 Å². The first kappa shape index (κ1) is 12.9. The minimum atomic E-state index is 0.104. The van der Waals surface area contributed by atoms with Gasteiger partial charge < -0.3 is 15.2 Å². The van der Waals surface area contributed by atoms with Gasteiger partial charge in [0.05, 0.1) is 24.9 Å². The zero-order valence-electron chi connectivity index (χ0n) is 11.5. The highest BCUT2D eigenvalue weighted by molar-refractivity contribution is 5.66. The fourth-order valence-electron chi connectivity index (χ4n) is 2.52. The Kier molecular flexibility index (Phi) is 3.27. The molecule has 3 rings (SSSR count). The molecule has 1 fully saturated rings. The first-order valence-corrected chi connectivity index (χ1v) is 6.54. The molecule has 1 aromatic heterocycles. The number of hydrogen-bond acceptors (Lipinski definition) is 6. The van der Waals surface area contributed by atoms with Crippen molar-refractivity contribution in [1.29, 1.82) is 0 Å². The molecule has 2 heterocycles. The normalized spacial score (nSPS) is 22.1. The van der Waals surface area contributed by atoms with Crippen LogP contribution in [0.3, 0.4) is 0 Å². The van der Waals surface area contributed by atoms with E-state index in [1.807, 2.05) is 29.8 Å². The zero-order valence-corrected chi connectivity index (χ0v) is 11.5. The van der Waals surface area contributed by atoms with Crippen LogP contribution in [0, 0.1) is 0 Å². The lowest BCUT2D eigenvalue weighted by atomic mass is 10.1. The second-order valence-electron chi connectivity index (χ2n) is 4.84. The van der Waals surface area contributed by atoms with Gasteiger partial charge in [-0.3, -0.25) is 0 Å². The molecule has 106 valence electrons. The summed E-state index contributed by atoms with van der Waals surface area (Å²) in [4.78, 5) is 0. The lowest BCUT2D eigenvalue weighted by Gasteiger charge is -2.15. The highest BCUT2D eigenvalue weighted by Gasteiger charge is 2.29.